The normalized spacial score (nSPS) is 23.1. The number of hydrazone groups is 1. The molecule has 0 bridgehead atoms. The highest BCUT2D eigenvalue weighted by molar-refractivity contribution is 7.98. The Morgan fingerprint density at radius 3 is 2.73 bits per heavy atom. The van der Waals surface area contributed by atoms with E-state index in [-0.39, 0.29) is 24.2 Å². The standard InChI is InChI=1S/C24H27ClN6OS/c1-33-19-8-2-16(3-9-19)15-26-23(32)11-10-22-27-28-24-21-14-20(17-4-6-18(25)7-5-17)29-31(21)13-12-30(22)24/h2-9,12-13,20-21,24,28-29H,10-11,14-15H2,1H3,(H,26,32). The summed E-state index contributed by atoms with van der Waals surface area (Å²) in [5.74, 6) is 0.924. The highest BCUT2D eigenvalue weighted by Crippen LogP contribution is 2.34. The Balaban J connectivity index is 1.12. The van der Waals surface area contributed by atoms with Gasteiger partial charge < -0.3 is 15.2 Å². The Morgan fingerprint density at radius 1 is 1.18 bits per heavy atom. The summed E-state index contributed by atoms with van der Waals surface area (Å²) < 4.78 is 0. The van der Waals surface area contributed by atoms with Gasteiger partial charge in [-0.25, -0.2) is 5.43 Å². The number of amides is 1. The van der Waals surface area contributed by atoms with E-state index in [1.807, 2.05) is 18.3 Å². The van der Waals surface area contributed by atoms with Crippen LogP contribution in [0.2, 0.25) is 5.02 Å². The molecule has 3 unspecified atom stereocenters. The minimum absolute atomic E-state index is 0.0306. The highest BCUT2D eigenvalue weighted by atomic mass is 35.5. The van der Waals surface area contributed by atoms with Gasteiger partial charge in [0.2, 0.25) is 5.91 Å². The van der Waals surface area contributed by atoms with Gasteiger partial charge in [0, 0.05) is 41.7 Å². The topological polar surface area (TPSA) is 72.0 Å². The number of rotatable bonds is 7. The second-order valence-corrected chi connectivity index (χ2v) is 9.69. The van der Waals surface area contributed by atoms with Crippen LogP contribution < -0.4 is 16.2 Å². The first-order valence-electron chi connectivity index (χ1n) is 11.1. The van der Waals surface area contributed by atoms with Gasteiger partial charge in [0.15, 0.2) is 0 Å². The monoisotopic (exact) mass is 482 g/mol. The van der Waals surface area contributed by atoms with Crippen molar-refractivity contribution in [2.75, 3.05) is 6.26 Å². The van der Waals surface area contributed by atoms with E-state index in [0.29, 0.717) is 19.4 Å². The van der Waals surface area contributed by atoms with Gasteiger partial charge in [-0.05, 0) is 48.1 Å². The van der Waals surface area contributed by atoms with Crippen LogP contribution in [0.15, 0.2) is 70.9 Å². The van der Waals surface area contributed by atoms with Crippen LogP contribution in [0.1, 0.15) is 36.4 Å². The quantitative estimate of drug-likeness (QED) is 0.521. The SMILES string of the molecule is CSc1ccc(CNC(=O)CCC2=NNC3C4CC(c5ccc(Cl)cc5)NN4C=CN23)cc1. The molecule has 3 heterocycles. The molecule has 172 valence electrons. The van der Waals surface area contributed by atoms with Gasteiger partial charge in [-0.15, -0.1) is 11.8 Å². The smallest absolute Gasteiger partial charge is 0.220 e. The predicted octanol–water partition coefficient (Wildman–Crippen LogP) is 3.81. The molecule has 2 aromatic carbocycles. The van der Waals surface area contributed by atoms with Gasteiger partial charge in [-0.3, -0.25) is 10.2 Å². The highest BCUT2D eigenvalue weighted by Gasteiger charge is 2.44. The molecule has 2 aromatic rings. The number of carbonyl (C=O) groups excluding carboxylic acids is 1. The Hall–Kier alpha value is -2.68. The van der Waals surface area contributed by atoms with E-state index in [9.17, 15) is 4.79 Å². The van der Waals surface area contributed by atoms with Crippen molar-refractivity contribution in [1.82, 2.24) is 26.1 Å². The van der Waals surface area contributed by atoms with Crippen LogP contribution in [0.5, 0.6) is 0 Å². The molecule has 0 saturated carbocycles. The lowest BCUT2D eigenvalue weighted by Crippen LogP contribution is -2.54. The van der Waals surface area contributed by atoms with Crippen molar-refractivity contribution in [3.05, 3.63) is 77.1 Å². The number of carbonyl (C=O) groups is 1. The average molecular weight is 483 g/mol. The van der Waals surface area contributed by atoms with Crippen molar-refractivity contribution in [1.29, 1.82) is 0 Å². The van der Waals surface area contributed by atoms with E-state index in [1.54, 1.807) is 11.8 Å². The molecule has 0 radical (unpaired) electrons. The van der Waals surface area contributed by atoms with E-state index in [1.165, 1.54) is 10.5 Å². The van der Waals surface area contributed by atoms with Crippen molar-refractivity contribution in [2.45, 2.75) is 49.0 Å². The summed E-state index contributed by atoms with van der Waals surface area (Å²) in [6.45, 7) is 0.541. The number of benzene rings is 2. The number of amidine groups is 1. The van der Waals surface area contributed by atoms with Crippen molar-refractivity contribution < 1.29 is 4.79 Å². The van der Waals surface area contributed by atoms with Crippen LogP contribution in [-0.2, 0) is 11.3 Å². The molecule has 0 aromatic heterocycles. The summed E-state index contributed by atoms with van der Waals surface area (Å²) in [6.07, 6.45) is 8.12. The molecule has 1 saturated heterocycles. The van der Waals surface area contributed by atoms with Crippen LogP contribution in [0.4, 0.5) is 0 Å². The zero-order valence-corrected chi connectivity index (χ0v) is 19.9. The van der Waals surface area contributed by atoms with Crippen molar-refractivity contribution in [3.8, 4) is 0 Å². The molecule has 0 aliphatic carbocycles. The molecule has 1 amide bonds. The first kappa shape index (κ1) is 22.1. The lowest BCUT2D eigenvalue weighted by atomic mass is 9.99. The molecule has 9 heteroatoms. The molecule has 0 spiro atoms. The van der Waals surface area contributed by atoms with Gasteiger partial charge in [0.05, 0.1) is 12.1 Å². The maximum Gasteiger partial charge on any atom is 0.220 e. The second kappa shape index (κ2) is 9.67. The Morgan fingerprint density at radius 2 is 1.97 bits per heavy atom. The van der Waals surface area contributed by atoms with Crippen molar-refractivity contribution in [3.63, 3.8) is 0 Å². The van der Waals surface area contributed by atoms with Crippen LogP contribution in [-0.4, -0.2) is 40.1 Å². The maximum absolute atomic E-state index is 12.4. The minimum atomic E-state index is 0.0306. The van der Waals surface area contributed by atoms with Crippen LogP contribution in [0.3, 0.4) is 0 Å². The maximum atomic E-state index is 12.4. The first-order valence-corrected chi connectivity index (χ1v) is 12.7. The van der Waals surface area contributed by atoms with E-state index in [2.05, 4.69) is 80.0 Å². The number of halogens is 1. The first-order chi connectivity index (χ1) is 16.1. The fourth-order valence-corrected chi connectivity index (χ4v) is 5.02. The number of hydrazine groups is 1. The van der Waals surface area contributed by atoms with Gasteiger partial charge in [0.1, 0.15) is 12.0 Å². The van der Waals surface area contributed by atoms with Crippen molar-refractivity contribution in [2.24, 2.45) is 5.10 Å². The fraction of sp³-hybridized carbons (Fsp3) is 0.333. The number of fused-ring (bicyclic) bond motifs is 3. The third kappa shape index (κ3) is 4.83. The summed E-state index contributed by atoms with van der Waals surface area (Å²) in [6, 6.07) is 16.7. The summed E-state index contributed by atoms with van der Waals surface area (Å²) in [5, 5.41) is 10.5. The molecule has 33 heavy (non-hydrogen) atoms. The number of thioether (sulfide) groups is 1. The zero-order chi connectivity index (χ0) is 22.8. The van der Waals surface area contributed by atoms with Gasteiger partial charge in [-0.2, -0.15) is 5.10 Å². The largest absolute Gasteiger partial charge is 0.352 e. The summed E-state index contributed by atoms with van der Waals surface area (Å²) in [5.41, 5.74) is 9.16. The molecular formula is C24H27ClN6OS. The Bertz CT molecular complexity index is 1060. The summed E-state index contributed by atoms with van der Waals surface area (Å²) in [7, 11) is 0. The van der Waals surface area contributed by atoms with Crippen LogP contribution >= 0.6 is 23.4 Å². The molecule has 7 nitrogen and oxygen atoms in total. The molecule has 3 aliphatic rings. The van der Waals surface area contributed by atoms with Crippen LogP contribution in [0.25, 0.3) is 0 Å². The van der Waals surface area contributed by atoms with E-state index in [4.69, 9.17) is 11.6 Å². The van der Waals surface area contributed by atoms with Crippen molar-refractivity contribution >= 4 is 35.1 Å². The minimum Gasteiger partial charge on any atom is -0.352 e. The Labute approximate surface area is 203 Å². The van der Waals surface area contributed by atoms with E-state index in [0.717, 1.165) is 22.8 Å². The number of hydrogen-bond donors (Lipinski definition) is 3. The second-order valence-electron chi connectivity index (χ2n) is 8.38. The Kier molecular flexibility index (Phi) is 6.48. The lowest BCUT2D eigenvalue weighted by Gasteiger charge is -2.37. The summed E-state index contributed by atoms with van der Waals surface area (Å²) in [4.78, 5) is 15.8. The molecule has 1 fully saturated rings. The van der Waals surface area contributed by atoms with E-state index < -0.39 is 0 Å². The van der Waals surface area contributed by atoms with Gasteiger partial charge in [0.25, 0.3) is 0 Å². The average Bonchev–Trinajstić information content (AvgIpc) is 3.46. The molecule has 3 N–H and O–H groups in total. The van der Waals surface area contributed by atoms with Gasteiger partial charge >= 0.3 is 0 Å². The molecule has 3 atom stereocenters. The third-order valence-corrected chi connectivity index (χ3v) is 7.31. The third-order valence-electron chi connectivity index (χ3n) is 6.31. The number of nitrogens with zero attached hydrogens (tertiary/aromatic N) is 3. The number of hydrogen-bond acceptors (Lipinski definition) is 7. The predicted molar refractivity (Wildman–Crippen MR) is 132 cm³/mol. The zero-order valence-electron chi connectivity index (χ0n) is 18.4. The van der Waals surface area contributed by atoms with E-state index >= 15 is 0 Å². The summed E-state index contributed by atoms with van der Waals surface area (Å²) >= 11 is 7.75. The fourth-order valence-electron chi connectivity index (χ4n) is 4.48. The molecule has 5 rings (SSSR count). The van der Waals surface area contributed by atoms with Crippen LogP contribution in [0, 0.1) is 0 Å². The van der Waals surface area contributed by atoms with Gasteiger partial charge in [-0.1, -0.05) is 35.9 Å². The molecular weight excluding hydrogens is 456 g/mol. The molecule has 3 aliphatic heterocycles. The number of nitrogens with one attached hydrogen (secondary N) is 3. The lowest BCUT2D eigenvalue weighted by molar-refractivity contribution is -0.121.